The number of hydrogen-bond acceptors (Lipinski definition) is 5. The zero-order valence-electron chi connectivity index (χ0n) is 10.4. The van der Waals surface area contributed by atoms with Crippen molar-refractivity contribution in [3.05, 3.63) is 18.0 Å². The summed E-state index contributed by atoms with van der Waals surface area (Å²) in [6, 6.07) is 2.52. The molecular weight excluding hydrogens is 218 g/mol. The molecule has 0 saturated carbocycles. The van der Waals surface area contributed by atoms with Crippen LogP contribution in [0.3, 0.4) is 0 Å². The number of rotatable bonds is 7. The SMILES string of the molecule is COCCN(Cc1ccno1)CC1CCCN1. The second-order valence-electron chi connectivity index (χ2n) is 4.50. The van der Waals surface area contributed by atoms with E-state index in [-0.39, 0.29) is 0 Å². The largest absolute Gasteiger partial charge is 0.383 e. The van der Waals surface area contributed by atoms with Gasteiger partial charge in [-0.2, -0.15) is 0 Å². The lowest BCUT2D eigenvalue weighted by molar-refractivity contribution is 0.131. The lowest BCUT2D eigenvalue weighted by Gasteiger charge is -2.24. The molecule has 2 rings (SSSR count). The van der Waals surface area contributed by atoms with E-state index in [0.29, 0.717) is 6.04 Å². The van der Waals surface area contributed by atoms with Gasteiger partial charge in [-0.25, -0.2) is 0 Å². The van der Waals surface area contributed by atoms with Crippen molar-refractivity contribution in [2.45, 2.75) is 25.4 Å². The van der Waals surface area contributed by atoms with Crippen molar-refractivity contribution < 1.29 is 9.26 Å². The summed E-state index contributed by atoms with van der Waals surface area (Å²) < 4.78 is 10.3. The molecule has 0 aliphatic carbocycles. The Labute approximate surface area is 102 Å². The van der Waals surface area contributed by atoms with Crippen LogP contribution in [0.15, 0.2) is 16.8 Å². The van der Waals surface area contributed by atoms with Gasteiger partial charge in [0.2, 0.25) is 0 Å². The van der Waals surface area contributed by atoms with Gasteiger partial charge in [0.05, 0.1) is 19.3 Å². The summed E-state index contributed by atoms with van der Waals surface area (Å²) in [7, 11) is 1.74. The van der Waals surface area contributed by atoms with Crippen molar-refractivity contribution in [1.29, 1.82) is 0 Å². The second kappa shape index (κ2) is 6.74. The molecule has 0 amide bonds. The fourth-order valence-corrected chi connectivity index (χ4v) is 2.22. The molecule has 5 heteroatoms. The fraction of sp³-hybridized carbons (Fsp3) is 0.750. The average Bonchev–Trinajstić information content (AvgIpc) is 2.99. The van der Waals surface area contributed by atoms with Gasteiger partial charge in [0.25, 0.3) is 0 Å². The Hall–Kier alpha value is -0.910. The molecule has 0 spiro atoms. The van der Waals surface area contributed by atoms with E-state index in [1.165, 1.54) is 12.8 Å². The molecule has 1 saturated heterocycles. The maximum Gasteiger partial charge on any atom is 0.150 e. The van der Waals surface area contributed by atoms with E-state index in [4.69, 9.17) is 9.26 Å². The average molecular weight is 239 g/mol. The lowest BCUT2D eigenvalue weighted by atomic mass is 10.2. The van der Waals surface area contributed by atoms with E-state index in [0.717, 1.165) is 38.5 Å². The Morgan fingerprint density at radius 2 is 2.59 bits per heavy atom. The summed E-state index contributed by atoms with van der Waals surface area (Å²) in [6.45, 7) is 4.67. The normalized spacial score (nSPS) is 20.2. The first-order valence-corrected chi connectivity index (χ1v) is 6.22. The van der Waals surface area contributed by atoms with Crippen molar-refractivity contribution in [2.75, 3.05) is 33.4 Å². The number of aromatic nitrogens is 1. The third-order valence-electron chi connectivity index (χ3n) is 3.12. The van der Waals surface area contributed by atoms with Crippen LogP contribution in [0.1, 0.15) is 18.6 Å². The van der Waals surface area contributed by atoms with E-state index < -0.39 is 0 Å². The molecule has 0 bridgehead atoms. The van der Waals surface area contributed by atoms with Crippen LogP contribution >= 0.6 is 0 Å². The second-order valence-corrected chi connectivity index (χ2v) is 4.50. The highest BCUT2D eigenvalue weighted by Gasteiger charge is 2.18. The predicted molar refractivity (Wildman–Crippen MR) is 64.7 cm³/mol. The van der Waals surface area contributed by atoms with Gasteiger partial charge in [-0.3, -0.25) is 4.90 Å². The molecule has 96 valence electrons. The Morgan fingerprint density at radius 1 is 1.65 bits per heavy atom. The van der Waals surface area contributed by atoms with Gasteiger partial charge >= 0.3 is 0 Å². The number of nitrogens with zero attached hydrogens (tertiary/aromatic N) is 2. The zero-order valence-corrected chi connectivity index (χ0v) is 10.4. The summed E-state index contributed by atoms with van der Waals surface area (Å²) in [4.78, 5) is 2.35. The van der Waals surface area contributed by atoms with Crippen LogP contribution in [0.5, 0.6) is 0 Å². The molecule has 5 nitrogen and oxygen atoms in total. The van der Waals surface area contributed by atoms with Crippen LogP contribution in [0, 0.1) is 0 Å². The molecule has 1 atom stereocenters. The van der Waals surface area contributed by atoms with Crippen LogP contribution in [-0.2, 0) is 11.3 Å². The summed E-state index contributed by atoms with van der Waals surface area (Å²) in [5, 5.41) is 7.25. The van der Waals surface area contributed by atoms with Gasteiger partial charge in [0.1, 0.15) is 0 Å². The molecule has 0 radical (unpaired) electrons. The fourth-order valence-electron chi connectivity index (χ4n) is 2.22. The maximum absolute atomic E-state index is 5.16. The molecule has 1 N–H and O–H groups in total. The molecule has 17 heavy (non-hydrogen) atoms. The number of nitrogens with one attached hydrogen (secondary N) is 1. The Bertz CT molecular complexity index is 297. The highest BCUT2D eigenvalue weighted by Crippen LogP contribution is 2.10. The molecular formula is C12H21N3O2. The maximum atomic E-state index is 5.16. The number of methoxy groups -OCH3 is 1. The van der Waals surface area contributed by atoms with E-state index in [2.05, 4.69) is 15.4 Å². The van der Waals surface area contributed by atoms with Crippen molar-refractivity contribution in [2.24, 2.45) is 0 Å². The first kappa shape index (κ1) is 12.5. The molecule has 1 aromatic rings. The minimum atomic E-state index is 0.606. The zero-order chi connectivity index (χ0) is 11.9. The molecule has 1 aromatic heterocycles. The third-order valence-corrected chi connectivity index (χ3v) is 3.12. The number of hydrogen-bond donors (Lipinski definition) is 1. The van der Waals surface area contributed by atoms with Crippen molar-refractivity contribution in [3.63, 3.8) is 0 Å². The topological polar surface area (TPSA) is 50.5 Å². The molecule has 1 aliphatic heterocycles. The minimum Gasteiger partial charge on any atom is -0.383 e. The Morgan fingerprint density at radius 3 is 3.24 bits per heavy atom. The van der Waals surface area contributed by atoms with Crippen molar-refractivity contribution in [1.82, 2.24) is 15.4 Å². The summed E-state index contributed by atoms with van der Waals surface area (Å²) in [6.07, 6.45) is 4.24. The first-order chi connectivity index (χ1) is 8.38. The summed E-state index contributed by atoms with van der Waals surface area (Å²) in [5.41, 5.74) is 0. The molecule has 2 heterocycles. The first-order valence-electron chi connectivity index (χ1n) is 6.22. The van der Waals surface area contributed by atoms with E-state index in [1.807, 2.05) is 6.07 Å². The summed E-state index contributed by atoms with van der Waals surface area (Å²) >= 11 is 0. The number of ether oxygens (including phenoxy) is 1. The van der Waals surface area contributed by atoms with E-state index >= 15 is 0 Å². The van der Waals surface area contributed by atoms with E-state index in [9.17, 15) is 0 Å². The van der Waals surface area contributed by atoms with Crippen LogP contribution in [0.25, 0.3) is 0 Å². The monoisotopic (exact) mass is 239 g/mol. The highest BCUT2D eigenvalue weighted by atomic mass is 16.5. The van der Waals surface area contributed by atoms with Gasteiger partial charge in [0, 0.05) is 32.3 Å². The van der Waals surface area contributed by atoms with Crippen LogP contribution in [-0.4, -0.2) is 49.4 Å². The molecule has 0 aromatic carbocycles. The van der Waals surface area contributed by atoms with Gasteiger partial charge in [0.15, 0.2) is 5.76 Å². The quantitative estimate of drug-likeness (QED) is 0.765. The Balaban J connectivity index is 1.83. The van der Waals surface area contributed by atoms with Gasteiger partial charge in [-0.1, -0.05) is 5.16 Å². The summed E-state index contributed by atoms with van der Waals surface area (Å²) in [5.74, 6) is 0.916. The lowest BCUT2D eigenvalue weighted by Crippen LogP contribution is -2.38. The molecule has 1 fully saturated rings. The van der Waals surface area contributed by atoms with Crippen LogP contribution in [0.2, 0.25) is 0 Å². The van der Waals surface area contributed by atoms with E-state index in [1.54, 1.807) is 13.3 Å². The smallest absolute Gasteiger partial charge is 0.150 e. The minimum absolute atomic E-state index is 0.606. The predicted octanol–water partition coefficient (Wildman–Crippen LogP) is 0.875. The van der Waals surface area contributed by atoms with Crippen molar-refractivity contribution in [3.8, 4) is 0 Å². The van der Waals surface area contributed by atoms with Gasteiger partial charge in [-0.05, 0) is 19.4 Å². The highest BCUT2D eigenvalue weighted by molar-refractivity contribution is 4.93. The molecule has 1 unspecified atom stereocenters. The van der Waals surface area contributed by atoms with Gasteiger partial charge in [-0.15, -0.1) is 0 Å². The van der Waals surface area contributed by atoms with Gasteiger partial charge < -0.3 is 14.6 Å². The van der Waals surface area contributed by atoms with Crippen LogP contribution in [0.4, 0.5) is 0 Å². The molecule has 1 aliphatic rings. The van der Waals surface area contributed by atoms with Crippen LogP contribution < -0.4 is 5.32 Å². The van der Waals surface area contributed by atoms with Crippen molar-refractivity contribution >= 4 is 0 Å². The third kappa shape index (κ3) is 4.11. The Kier molecular flexibility index (Phi) is 4.97. The standard InChI is InChI=1S/C12H21N3O2/c1-16-8-7-15(9-11-3-2-5-13-11)10-12-4-6-14-17-12/h4,6,11,13H,2-3,5,7-10H2,1H3.